The van der Waals surface area contributed by atoms with Gasteiger partial charge in [-0.15, -0.1) is 0 Å². The molecule has 1 aromatic heterocycles. The van der Waals surface area contributed by atoms with E-state index in [9.17, 15) is 9.90 Å². The van der Waals surface area contributed by atoms with E-state index in [1.54, 1.807) is 4.90 Å². The van der Waals surface area contributed by atoms with Crippen molar-refractivity contribution in [3.63, 3.8) is 0 Å². The molecule has 0 bridgehead atoms. The largest absolute Gasteiger partial charge is 0.506 e. The van der Waals surface area contributed by atoms with Crippen molar-refractivity contribution >= 4 is 5.91 Å². The third-order valence-electron chi connectivity index (χ3n) is 3.25. The fourth-order valence-corrected chi connectivity index (χ4v) is 2.27. The zero-order valence-electron chi connectivity index (χ0n) is 11.2. The molecule has 5 nitrogen and oxygen atoms in total. The molecule has 2 heterocycles. The molecule has 0 radical (unpaired) electrons. The maximum absolute atomic E-state index is 12.2. The summed E-state index contributed by atoms with van der Waals surface area (Å²) in [5.41, 5.74) is 0.440. The lowest BCUT2D eigenvalue weighted by Gasteiger charge is -2.16. The molecular weight excluding hydrogens is 244 g/mol. The molecule has 104 valence electrons. The van der Waals surface area contributed by atoms with E-state index in [2.05, 4.69) is 11.9 Å². The minimum absolute atomic E-state index is 0.0212. The van der Waals surface area contributed by atoms with E-state index in [0.29, 0.717) is 11.5 Å². The fraction of sp³-hybridized carbons (Fsp3) is 0.571. The third kappa shape index (κ3) is 3.67. The Kier molecular flexibility index (Phi) is 4.74. The summed E-state index contributed by atoms with van der Waals surface area (Å²) in [6, 6.07) is 1.45. The number of hydrogen-bond donors (Lipinski definition) is 1. The molecule has 0 aromatic carbocycles. The first-order valence-corrected chi connectivity index (χ1v) is 6.71. The number of aromatic nitrogens is 1. The first kappa shape index (κ1) is 13.8. The van der Waals surface area contributed by atoms with E-state index in [1.165, 1.54) is 18.5 Å². The van der Waals surface area contributed by atoms with Crippen molar-refractivity contribution in [2.75, 3.05) is 26.3 Å². The van der Waals surface area contributed by atoms with Gasteiger partial charge in [0.25, 0.3) is 5.91 Å². The highest BCUT2D eigenvalue weighted by Gasteiger charge is 2.27. The van der Waals surface area contributed by atoms with Crippen LogP contribution < -0.4 is 0 Å². The van der Waals surface area contributed by atoms with Crippen LogP contribution in [-0.4, -0.2) is 47.2 Å². The fourth-order valence-electron chi connectivity index (χ4n) is 2.27. The van der Waals surface area contributed by atoms with Gasteiger partial charge in [-0.1, -0.05) is 6.92 Å². The quantitative estimate of drug-likeness (QED) is 0.822. The first-order valence-electron chi connectivity index (χ1n) is 6.71. The summed E-state index contributed by atoms with van der Waals surface area (Å²) in [5, 5.41) is 9.35. The Hall–Kier alpha value is -1.62. The predicted octanol–water partition coefficient (Wildman–Crippen LogP) is 1.68. The van der Waals surface area contributed by atoms with Gasteiger partial charge in [0.1, 0.15) is 5.75 Å². The number of nitrogens with zero attached hydrogens (tertiary/aromatic N) is 2. The van der Waals surface area contributed by atoms with Gasteiger partial charge in [0, 0.05) is 31.8 Å². The number of carbonyl (C=O) groups is 1. The normalized spacial score (nSPS) is 18.8. The lowest BCUT2D eigenvalue weighted by Crippen LogP contribution is -2.29. The van der Waals surface area contributed by atoms with Crippen molar-refractivity contribution in [2.24, 2.45) is 5.92 Å². The van der Waals surface area contributed by atoms with Crippen molar-refractivity contribution in [2.45, 2.75) is 19.8 Å². The zero-order valence-corrected chi connectivity index (χ0v) is 11.2. The number of ether oxygens (including phenoxy) is 1. The Morgan fingerprint density at radius 3 is 3.16 bits per heavy atom. The predicted molar refractivity (Wildman–Crippen MR) is 71.0 cm³/mol. The van der Waals surface area contributed by atoms with Crippen LogP contribution >= 0.6 is 0 Å². The number of rotatable bonds is 5. The van der Waals surface area contributed by atoms with Crippen LogP contribution in [0.3, 0.4) is 0 Å². The summed E-state index contributed by atoms with van der Waals surface area (Å²) in [5.74, 6) is 0.370. The molecule has 1 fully saturated rings. The topological polar surface area (TPSA) is 62.7 Å². The van der Waals surface area contributed by atoms with Crippen LogP contribution in [0.15, 0.2) is 18.5 Å². The van der Waals surface area contributed by atoms with Gasteiger partial charge in [0.15, 0.2) is 0 Å². The van der Waals surface area contributed by atoms with Gasteiger partial charge in [0.2, 0.25) is 0 Å². The van der Waals surface area contributed by atoms with E-state index in [1.807, 2.05) is 0 Å². The average Bonchev–Trinajstić information content (AvgIpc) is 2.87. The molecule has 1 aliphatic rings. The molecule has 19 heavy (non-hydrogen) atoms. The van der Waals surface area contributed by atoms with Crippen molar-refractivity contribution in [1.82, 2.24) is 9.88 Å². The van der Waals surface area contributed by atoms with Crippen LogP contribution in [0, 0.1) is 5.92 Å². The molecule has 0 saturated carbocycles. The Balaban J connectivity index is 1.88. The summed E-state index contributed by atoms with van der Waals surface area (Å²) in [7, 11) is 0. The summed E-state index contributed by atoms with van der Waals surface area (Å²) in [6.07, 6.45) is 4.80. The highest BCUT2D eigenvalue weighted by Crippen LogP contribution is 2.20. The highest BCUT2D eigenvalue weighted by molar-refractivity contribution is 5.94. The number of aromatic hydroxyl groups is 1. The lowest BCUT2D eigenvalue weighted by atomic mass is 10.1. The van der Waals surface area contributed by atoms with Crippen LogP contribution in [0.5, 0.6) is 5.75 Å². The van der Waals surface area contributed by atoms with Crippen molar-refractivity contribution < 1.29 is 14.6 Å². The number of hydrogen-bond acceptors (Lipinski definition) is 4. The Labute approximate surface area is 113 Å². The van der Waals surface area contributed by atoms with Crippen LogP contribution in [0.2, 0.25) is 0 Å². The second-order valence-electron chi connectivity index (χ2n) is 4.91. The number of carbonyl (C=O) groups excluding carboxylic acids is 1. The number of likely N-dealkylation sites (tertiary alicyclic amines) is 1. The van der Waals surface area contributed by atoms with Crippen LogP contribution in [0.1, 0.15) is 30.1 Å². The van der Waals surface area contributed by atoms with Crippen LogP contribution in [0.25, 0.3) is 0 Å². The summed E-state index contributed by atoms with van der Waals surface area (Å²) < 4.78 is 5.53. The summed E-state index contributed by atoms with van der Waals surface area (Å²) in [6.45, 7) is 5.04. The number of pyridine rings is 1. The van der Waals surface area contributed by atoms with Gasteiger partial charge in [-0.3, -0.25) is 9.78 Å². The molecule has 1 atom stereocenters. The van der Waals surface area contributed by atoms with Gasteiger partial charge in [-0.25, -0.2) is 0 Å². The molecule has 1 saturated heterocycles. The van der Waals surface area contributed by atoms with E-state index < -0.39 is 0 Å². The molecule has 0 aliphatic carbocycles. The highest BCUT2D eigenvalue weighted by atomic mass is 16.5. The average molecular weight is 264 g/mol. The summed E-state index contributed by atoms with van der Waals surface area (Å²) >= 11 is 0. The summed E-state index contributed by atoms with van der Waals surface area (Å²) in [4.78, 5) is 17.8. The SMILES string of the molecule is CCCOCC1CCN(C(=O)c2cncc(O)c2)C1. The molecule has 5 heteroatoms. The van der Waals surface area contributed by atoms with Gasteiger partial charge in [0.05, 0.1) is 18.4 Å². The maximum Gasteiger partial charge on any atom is 0.255 e. The third-order valence-corrected chi connectivity index (χ3v) is 3.25. The molecular formula is C14H20N2O3. The molecule has 1 amide bonds. The smallest absolute Gasteiger partial charge is 0.255 e. The molecule has 1 N–H and O–H groups in total. The van der Waals surface area contributed by atoms with Crippen molar-refractivity contribution in [1.29, 1.82) is 0 Å². The van der Waals surface area contributed by atoms with Gasteiger partial charge >= 0.3 is 0 Å². The van der Waals surface area contributed by atoms with Crippen molar-refractivity contribution in [3.05, 3.63) is 24.0 Å². The molecule has 1 aromatic rings. The zero-order chi connectivity index (χ0) is 13.7. The molecule has 1 aliphatic heterocycles. The Bertz CT molecular complexity index is 436. The van der Waals surface area contributed by atoms with E-state index in [4.69, 9.17) is 4.74 Å². The Morgan fingerprint density at radius 2 is 2.42 bits per heavy atom. The van der Waals surface area contributed by atoms with Gasteiger partial charge in [-0.05, 0) is 18.9 Å². The second kappa shape index (κ2) is 6.52. The monoisotopic (exact) mass is 264 g/mol. The lowest BCUT2D eigenvalue weighted by molar-refractivity contribution is 0.0753. The second-order valence-corrected chi connectivity index (χ2v) is 4.91. The maximum atomic E-state index is 12.2. The standard InChI is InChI=1S/C14H20N2O3/c1-2-5-19-10-11-3-4-16(9-11)14(18)12-6-13(17)8-15-7-12/h6-8,11,17H,2-5,9-10H2,1H3. The molecule has 0 spiro atoms. The van der Waals surface area contributed by atoms with Gasteiger partial charge in [-0.2, -0.15) is 0 Å². The Morgan fingerprint density at radius 1 is 1.58 bits per heavy atom. The number of amides is 1. The molecule has 2 rings (SSSR count). The van der Waals surface area contributed by atoms with Crippen LogP contribution in [0.4, 0.5) is 0 Å². The van der Waals surface area contributed by atoms with Crippen LogP contribution in [-0.2, 0) is 4.74 Å². The van der Waals surface area contributed by atoms with E-state index in [-0.39, 0.29) is 11.7 Å². The van der Waals surface area contributed by atoms with E-state index in [0.717, 1.165) is 39.1 Å². The minimum Gasteiger partial charge on any atom is -0.506 e. The van der Waals surface area contributed by atoms with Crippen molar-refractivity contribution in [3.8, 4) is 5.75 Å². The van der Waals surface area contributed by atoms with Gasteiger partial charge < -0.3 is 14.7 Å². The first-order chi connectivity index (χ1) is 9.20. The van der Waals surface area contributed by atoms with E-state index >= 15 is 0 Å². The molecule has 1 unspecified atom stereocenters. The minimum atomic E-state index is -0.0682.